The Morgan fingerprint density at radius 3 is 2.87 bits per heavy atom. The zero-order valence-corrected chi connectivity index (χ0v) is 18.0. The lowest BCUT2D eigenvalue weighted by molar-refractivity contribution is -0.113. The van der Waals surface area contributed by atoms with Gasteiger partial charge in [0.1, 0.15) is 11.3 Å². The highest BCUT2D eigenvalue weighted by atomic mass is 32.2. The van der Waals surface area contributed by atoms with E-state index in [-0.39, 0.29) is 11.7 Å². The Bertz CT molecular complexity index is 1380. The molecule has 154 valence electrons. The molecular weight excluding hydrogens is 432 g/mol. The van der Waals surface area contributed by atoms with Crippen LogP contribution in [-0.2, 0) is 4.79 Å². The molecule has 3 heterocycles. The summed E-state index contributed by atoms with van der Waals surface area (Å²) in [6.07, 6.45) is 0. The van der Waals surface area contributed by atoms with Crippen molar-refractivity contribution in [2.75, 3.05) is 18.2 Å². The Kier molecular flexibility index (Phi) is 5.23. The minimum absolute atomic E-state index is 0.154. The number of nitrogens with one attached hydrogen (secondary N) is 2. The number of methoxy groups -OCH3 is 1. The number of aromatic nitrogens is 5. The number of hydrogen-bond acceptors (Lipinski definition) is 8. The van der Waals surface area contributed by atoms with Gasteiger partial charge in [0.05, 0.1) is 18.6 Å². The van der Waals surface area contributed by atoms with Gasteiger partial charge in [-0.25, -0.2) is 9.97 Å². The van der Waals surface area contributed by atoms with E-state index in [1.807, 2.05) is 53.9 Å². The molecule has 0 radical (unpaired) electrons. The number of nitrogens with zero attached hydrogens (tertiary/aromatic N) is 4. The maximum atomic E-state index is 12.3. The van der Waals surface area contributed by atoms with Crippen molar-refractivity contribution in [3.05, 3.63) is 53.9 Å². The van der Waals surface area contributed by atoms with Crippen LogP contribution in [0.4, 0.5) is 5.13 Å². The Balaban J connectivity index is 1.26. The smallest absolute Gasteiger partial charge is 0.236 e. The standard InChI is InChI=1S/C21H16N6O2S2/c1-29-13-7-8-15-14(9-13)18-19(22-15)25-21(27-26-18)31-11-17(28)24-20-23-16(10-30-20)12-5-3-2-4-6-12/h2-10H,11H2,1H3,(H,22,25,27)(H,23,24,28). The number of ether oxygens (including phenoxy) is 1. The normalized spacial score (nSPS) is 11.1. The molecule has 8 nitrogen and oxygen atoms in total. The predicted molar refractivity (Wildman–Crippen MR) is 123 cm³/mol. The minimum Gasteiger partial charge on any atom is -0.497 e. The highest BCUT2D eigenvalue weighted by Crippen LogP contribution is 2.28. The molecule has 5 aromatic rings. The van der Waals surface area contributed by atoms with Crippen LogP contribution in [-0.4, -0.2) is 43.9 Å². The first kappa shape index (κ1) is 19.5. The lowest BCUT2D eigenvalue weighted by Crippen LogP contribution is -2.14. The van der Waals surface area contributed by atoms with E-state index in [0.717, 1.165) is 27.9 Å². The average Bonchev–Trinajstić information content (AvgIpc) is 3.41. The number of anilines is 1. The fourth-order valence-corrected chi connectivity index (χ4v) is 4.40. The van der Waals surface area contributed by atoms with Crippen LogP contribution < -0.4 is 10.1 Å². The van der Waals surface area contributed by atoms with Crippen LogP contribution in [0.2, 0.25) is 0 Å². The van der Waals surface area contributed by atoms with Crippen molar-refractivity contribution in [1.29, 1.82) is 0 Å². The van der Waals surface area contributed by atoms with Crippen LogP contribution in [0, 0.1) is 0 Å². The molecule has 2 N–H and O–H groups in total. The molecular formula is C21H16N6O2S2. The maximum Gasteiger partial charge on any atom is 0.236 e. The molecule has 0 bridgehead atoms. The van der Waals surface area contributed by atoms with Crippen molar-refractivity contribution in [2.24, 2.45) is 0 Å². The molecule has 5 rings (SSSR count). The minimum atomic E-state index is -0.177. The van der Waals surface area contributed by atoms with E-state index in [1.165, 1.54) is 23.1 Å². The number of amides is 1. The summed E-state index contributed by atoms with van der Waals surface area (Å²) in [5.74, 6) is 0.716. The second kappa shape index (κ2) is 8.32. The van der Waals surface area contributed by atoms with Crippen molar-refractivity contribution in [3.8, 4) is 17.0 Å². The molecule has 10 heteroatoms. The molecule has 3 aromatic heterocycles. The summed E-state index contributed by atoms with van der Waals surface area (Å²) in [5, 5.41) is 15.1. The number of carbonyl (C=O) groups is 1. The average molecular weight is 449 g/mol. The van der Waals surface area contributed by atoms with Gasteiger partial charge < -0.3 is 15.0 Å². The van der Waals surface area contributed by atoms with Gasteiger partial charge in [0.2, 0.25) is 11.1 Å². The monoisotopic (exact) mass is 448 g/mol. The summed E-state index contributed by atoms with van der Waals surface area (Å²) in [7, 11) is 1.62. The van der Waals surface area contributed by atoms with Crippen LogP contribution in [0.15, 0.2) is 59.1 Å². The summed E-state index contributed by atoms with van der Waals surface area (Å²) < 4.78 is 5.27. The zero-order valence-electron chi connectivity index (χ0n) is 16.3. The molecule has 0 saturated carbocycles. The van der Waals surface area contributed by atoms with Crippen LogP contribution in [0.1, 0.15) is 0 Å². The molecule has 0 aliphatic carbocycles. The molecule has 2 aromatic carbocycles. The van der Waals surface area contributed by atoms with Crippen molar-refractivity contribution in [2.45, 2.75) is 5.16 Å². The molecule has 0 aliphatic heterocycles. The van der Waals surface area contributed by atoms with Gasteiger partial charge in [0.15, 0.2) is 10.8 Å². The van der Waals surface area contributed by atoms with Crippen LogP contribution in [0.3, 0.4) is 0 Å². The first-order valence-corrected chi connectivity index (χ1v) is 11.2. The van der Waals surface area contributed by atoms with Crippen molar-refractivity contribution in [1.82, 2.24) is 25.1 Å². The molecule has 0 aliphatic rings. The molecule has 0 unspecified atom stereocenters. The molecule has 31 heavy (non-hydrogen) atoms. The van der Waals surface area contributed by atoms with Gasteiger partial charge in [-0.1, -0.05) is 42.1 Å². The molecule has 0 fully saturated rings. The van der Waals surface area contributed by atoms with Gasteiger partial charge in [0, 0.05) is 21.8 Å². The lowest BCUT2D eigenvalue weighted by atomic mass is 10.2. The van der Waals surface area contributed by atoms with Gasteiger partial charge in [-0.2, -0.15) is 0 Å². The zero-order chi connectivity index (χ0) is 21.2. The summed E-state index contributed by atoms with van der Waals surface area (Å²) in [5.41, 5.74) is 4.03. The number of thiazole rings is 1. The van der Waals surface area contributed by atoms with Crippen molar-refractivity contribution < 1.29 is 9.53 Å². The summed E-state index contributed by atoms with van der Waals surface area (Å²) in [4.78, 5) is 24.5. The van der Waals surface area contributed by atoms with E-state index in [0.29, 0.717) is 21.5 Å². The number of H-pyrrole nitrogens is 1. The van der Waals surface area contributed by atoms with Gasteiger partial charge in [0.25, 0.3) is 0 Å². The Hall–Kier alpha value is -3.50. The highest BCUT2D eigenvalue weighted by molar-refractivity contribution is 7.99. The Morgan fingerprint density at radius 1 is 1.16 bits per heavy atom. The SMILES string of the molecule is COc1ccc2[nH]c3nc(SCC(=O)Nc4nc(-c5ccccc5)cs4)nnc3c2c1. The summed E-state index contributed by atoms with van der Waals surface area (Å²) in [6.45, 7) is 0. The van der Waals surface area contributed by atoms with Crippen LogP contribution >= 0.6 is 23.1 Å². The topological polar surface area (TPSA) is 106 Å². The van der Waals surface area contributed by atoms with Gasteiger partial charge in [-0.3, -0.25) is 4.79 Å². The summed E-state index contributed by atoms with van der Waals surface area (Å²) in [6, 6.07) is 15.5. The lowest BCUT2D eigenvalue weighted by Gasteiger charge is -2.01. The van der Waals surface area contributed by atoms with Gasteiger partial charge in [-0.15, -0.1) is 21.5 Å². The maximum absolute atomic E-state index is 12.3. The van der Waals surface area contributed by atoms with E-state index < -0.39 is 0 Å². The fourth-order valence-electron chi connectivity index (χ4n) is 3.08. The fraction of sp³-hybridized carbons (Fsp3) is 0.0952. The van der Waals surface area contributed by atoms with Crippen LogP contribution in [0.25, 0.3) is 33.3 Å². The Morgan fingerprint density at radius 2 is 2.03 bits per heavy atom. The number of fused-ring (bicyclic) bond motifs is 3. The largest absolute Gasteiger partial charge is 0.497 e. The second-order valence-corrected chi connectivity index (χ2v) is 8.37. The number of hydrogen-bond donors (Lipinski definition) is 2. The Labute approximate surface area is 185 Å². The third-order valence-electron chi connectivity index (χ3n) is 4.55. The first-order valence-electron chi connectivity index (χ1n) is 9.33. The van der Waals surface area contributed by atoms with Gasteiger partial charge in [-0.05, 0) is 18.2 Å². The number of benzene rings is 2. The quantitative estimate of drug-likeness (QED) is 0.372. The number of carbonyl (C=O) groups excluding carboxylic acids is 1. The highest BCUT2D eigenvalue weighted by Gasteiger charge is 2.13. The molecule has 0 saturated heterocycles. The van der Waals surface area contributed by atoms with Crippen LogP contribution in [0.5, 0.6) is 5.75 Å². The third-order valence-corrected chi connectivity index (χ3v) is 6.15. The third kappa shape index (κ3) is 4.07. The second-order valence-electron chi connectivity index (χ2n) is 6.57. The molecule has 0 spiro atoms. The molecule has 1 amide bonds. The van der Waals surface area contributed by atoms with Crippen molar-refractivity contribution in [3.63, 3.8) is 0 Å². The van der Waals surface area contributed by atoms with Gasteiger partial charge >= 0.3 is 0 Å². The van der Waals surface area contributed by atoms with E-state index in [1.54, 1.807) is 7.11 Å². The predicted octanol–water partition coefficient (Wildman–Crippen LogP) is 4.37. The van der Waals surface area contributed by atoms with Crippen molar-refractivity contribution >= 4 is 56.2 Å². The van der Waals surface area contributed by atoms with E-state index in [4.69, 9.17) is 4.74 Å². The van der Waals surface area contributed by atoms with E-state index >= 15 is 0 Å². The number of thioether (sulfide) groups is 1. The number of rotatable bonds is 6. The number of aromatic amines is 1. The van der Waals surface area contributed by atoms with E-state index in [9.17, 15) is 4.79 Å². The van der Waals surface area contributed by atoms with E-state index in [2.05, 4.69) is 30.5 Å². The first-order chi connectivity index (χ1) is 15.2. The summed E-state index contributed by atoms with van der Waals surface area (Å²) >= 11 is 2.61. The molecule has 0 atom stereocenters.